The molecule has 0 saturated heterocycles. The molecule has 0 aliphatic rings. The van der Waals surface area contributed by atoms with Crippen molar-refractivity contribution in [1.29, 1.82) is 0 Å². The van der Waals surface area contributed by atoms with E-state index in [9.17, 15) is 8.78 Å². The first-order valence-corrected chi connectivity index (χ1v) is 6.67. The molecule has 5 heteroatoms. The SMILES string of the molecule is NC(Cc1ccc(F)cc1F)c1csc(Br)c1. The van der Waals surface area contributed by atoms with E-state index in [4.69, 9.17) is 5.73 Å². The summed E-state index contributed by atoms with van der Waals surface area (Å²) in [6.07, 6.45) is 0.356. The Kier molecular flexibility index (Phi) is 3.91. The van der Waals surface area contributed by atoms with Crippen LogP contribution in [0.5, 0.6) is 0 Å². The molecule has 2 rings (SSSR count). The Hall–Kier alpha value is -0.780. The molecule has 0 spiro atoms. The van der Waals surface area contributed by atoms with Gasteiger partial charge >= 0.3 is 0 Å². The number of halogens is 3. The number of benzene rings is 1. The van der Waals surface area contributed by atoms with Crippen LogP contribution in [0.25, 0.3) is 0 Å². The molecule has 1 nitrogen and oxygen atoms in total. The van der Waals surface area contributed by atoms with Gasteiger partial charge in [-0.1, -0.05) is 6.07 Å². The zero-order valence-corrected chi connectivity index (χ0v) is 11.2. The van der Waals surface area contributed by atoms with Gasteiger partial charge in [-0.05, 0) is 51.0 Å². The molecule has 17 heavy (non-hydrogen) atoms. The number of rotatable bonds is 3. The zero-order valence-electron chi connectivity index (χ0n) is 8.79. The fourth-order valence-corrected chi connectivity index (χ4v) is 2.80. The smallest absolute Gasteiger partial charge is 0.129 e. The number of thiophene rings is 1. The number of hydrogen-bond acceptors (Lipinski definition) is 2. The molecule has 2 aromatic rings. The van der Waals surface area contributed by atoms with E-state index < -0.39 is 11.6 Å². The molecule has 0 radical (unpaired) electrons. The lowest BCUT2D eigenvalue weighted by atomic mass is 10.0. The molecule has 1 aromatic carbocycles. The molecule has 1 heterocycles. The predicted octanol–water partition coefficient (Wildman–Crippen LogP) is 4.03. The molecule has 0 amide bonds. The standard InChI is InChI=1S/C12H10BrF2NS/c13-12-4-8(6-17-12)11(16)3-7-1-2-9(14)5-10(7)15/h1-2,4-6,11H,3,16H2. The van der Waals surface area contributed by atoms with Gasteiger partial charge in [0.2, 0.25) is 0 Å². The van der Waals surface area contributed by atoms with Crippen LogP contribution in [0, 0.1) is 11.6 Å². The number of nitrogens with two attached hydrogens (primary N) is 1. The Bertz CT molecular complexity index is 527. The normalized spacial score (nSPS) is 12.7. The highest BCUT2D eigenvalue weighted by Crippen LogP contribution is 2.26. The Balaban J connectivity index is 2.15. The average Bonchev–Trinajstić information content (AvgIpc) is 2.69. The van der Waals surface area contributed by atoms with Crippen molar-refractivity contribution in [3.63, 3.8) is 0 Å². The van der Waals surface area contributed by atoms with E-state index in [1.807, 2.05) is 11.4 Å². The zero-order chi connectivity index (χ0) is 12.4. The van der Waals surface area contributed by atoms with E-state index in [1.54, 1.807) is 0 Å². The van der Waals surface area contributed by atoms with E-state index in [0.29, 0.717) is 12.0 Å². The van der Waals surface area contributed by atoms with E-state index >= 15 is 0 Å². The monoisotopic (exact) mass is 317 g/mol. The van der Waals surface area contributed by atoms with E-state index in [-0.39, 0.29) is 6.04 Å². The van der Waals surface area contributed by atoms with Gasteiger partial charge in [-0.25, -0.2) is 8.78 Å². The van der Waals surface area contributed by atoms with Crippen LogP contribution in [0.15, 0.2) is 33.4 Å². The number of hydrogen-bond donors (Lipinski definition) is 1. The van der Waals surface area contributed by atoms with Gasteiger partial charge in [0.15, 0.2) is 0 Å². The van der Waals surface area contributed by atoms with Crippen LogP contribution in [0.4, 0.5) is 8.78 Å². The van der Waals surface area contributed by atoms with Crippen molar-refractivity contribution in [2.24, 2.45) is 5.73 Å². The summed E-state index contributed by atoms with van der Waals surface area (Å²) in [7, 11) is 0. The maximum absolute atomic E-state index is 13.4. The molecule has 0 bridgehead atoms. The van der Waals surface area contributed by atoms with Gasteiger partial charge < -0.3 is 5.73 Å². The van der Waals surface area contributed by atoms with Gasteiger partial charge in [-0.3, -0.25) is 0 Å². The molecule has 1 atom stereocenters. The summed E-state index contributed by atoms with van der Waals surface area (Å²) in [5.41, 5.74) is 7.35. The maximum Gasteiger partial charge on any atom is 0.129 e. The predicted molar refractivity (Wildman–Crippen MR) is 69.0 cm³/mol. The van der Waals surface area contributed by atoms with Crippen molar-refractivity contribution in [3.05, 3.63) is 56.2 Å². The summed E-state index contributed by atoms with van der Waals surface area (Å²) in [5, 5.41) is 1.93. The van der Waals surface area contributed by atoms with E-state index in [0.717, 1.165) is 15.4 Å². The molecule has 0 saturated carbocycles. The third kappa shape index (κ3) is 3.12. The highest BCUT2D eigenvalue weighted by atomic mass is 79.9. The second-order valence-corrected chi connectivity index (χ2v) is 6.02. The highest BCUT2D eigenvalue weighted by molar-refractivity contribution is 9.11. The lowest BCUT2D eigenvalue weighted by Crippen LogP contribution is -2.13. The van der Waals surface area contributed by atoms with Gasteiger partial charge in [0.1, 0.15) is 11.6 Å². The van der Waals surface area contributed by atoms with Gasteiger partial charge in [0.25, 0.3) is 0 Å². The fraction of sp³-hybridized carbons (Fsp3) is 0.167. The van der Waals surface area contributed by atoms with Crippen LogP contribution < -0.4 is 5.73 Å². The summed E-state index contributed by atoms with van der Waals surface area (Å²) >= 11 is 4.88. The molecule has 2 N–H and O–H groups in total. The van der Waals surface area contributed by atoms with Crippen LogP contribution in [0.3, 0.4) is 0 Å². The van der Waals surface area contributed by atoms with Crippen LogP contribution in [-0.2, 0) is 6.42 Å². The third-order valence-electron chi connectivity index (χ3n) is 2.47. The Labute approximate surface area is 110 Å². The van der Waals surface area contributed by atoms with E-state index in [2.05, 4.69) is 15.9 Å². The van der Waals surface area contributed by atoms with Crippen LogP contribution in [0.2, 0.25) is 0 Å². The lowest BCUT2D eigenvalue weighted by Gasteiger charge is -2.10. The molecule has 1 aromatic heterocycles. The third-order valence-corrected chi connectivity index (χ3v) is 3.99. The van der Waals surface area contributed by atoms with Gasteiger partial charge in [-0.2, -0.15) is 0 Å². The largest absolute Gasteiger partial charge is 0.324 e. The summed E-state index contributed by atoms with van der Waals surface area (Å²) in [6.45, 7) is 0. The molecular formula is C12H10BrF2NS. The van der Waals surface area contributed by atoms with Crippen molar-refractivity contribution in [2.75, 3.05) is 0 Å². The first kappa shape index (κ1) is 12.7. The van der Waals surface area contributed by atoms with Crippen molar-refractivity contribution >= 4 is 27.3 Å². The summed E-state index contributed by atoms with van der Waals surface area (Å²) in [6, 6.07) is 5.20. The van der Waals surface area contributed by atoms with Gasteiger partial charge in [-0.15, -0.1) is 11.3 Å². The van der Waals surface area contributed by atoms with Crippen molar-refractivity contribution in [2.45, 2.75) is 12.5 Å². The molecule has 0 aliphatic carbocycles. The van der Waals surface area contributed by atoms with Crippen molar-refractivity contribution in [1.82, 2.24) is 0 Å². The lowest BCUT2D eigenvalue weighted by molar-refractivity contribution is 0.563. The Morgan fingerprint density at radius 2 is 2.06 bits per heavy atom. The summed E-state index contributed by atoms with van der Waals surface area (Å²) < 4.78 is 27.2. The second kappa shape index (κ2) is 5.25. The molecule has 1 unspecified atom stereocenters. The van der Waals surface area contributed by atoms with Crippen LogP contribution in [0.1, 0.15) is 17.2 Å². The average molecular weight is 318 g/mol. The van der Waals surface area contributed by atoms with Crippen molar-refractivity contribution < 1.29 is 8.78 Å². The summed E-state index contributed by atoms with van der Waals surface area (Å²) in [5.74, 6) is -1.12. The minimum Gasteiger partial charge on any atom is -0.324 e. The molecule has 0 aliphatic heterocycles. The minimum atomic E-state index is -0.571. The summed E-state index contributed by atoms with van der Waals surface area (Å²) in [4.78, 5) is 0. The fourth-order valence-electron chi connectivity index (χ4n) is 1.56. The molecular weight excluding hydrogens is 308 g/mol. The van der Waals surface area contributed by atoms with Gasteiger partial charge in [0.05, 0.1) is 3.79 Å². The van der Waals surface area contributed by atoms with E-state index in [1.165, 1.54) is 23.5 Å². The van der Waals surface area contributed by atoms with Crippen LogP contribution in [-0.4, -0.2) is 0 Å². The maximum atomic E-state index is 13.4. The topological polar surface area (TPSA) is 26.0 Å². The molecule has 0 fully saturated rings. The highest BCUT2D eigenvalue weighted by Gasteiger charge is 2.12. The Morgan fingerprint density at radius 1 is 1.29 bits per heavy atom. The quantitative estimate of drug-likeness (QED) is 0.908. The van der Waals surface area contributed by atoms with Crippen LogP contribution >= 0.6 is 27.3 Å². The first-order valence-electron chi connectivity index (χ1n) is 4.99. The Morgan fingerprint density at radius 3 is 2.65 bits per heavy atom. The first-order chi connectivity index (χ1) is 8.06. The second-order valence-electron chi connectivity index (χ2n) is 3.73. The molecule has 90 valence electrons. The minimum absolute atomic E-state index is 0.280. The van der Waals surface area contributed by atoms with Crippen molar-refractivity contribution in [3.8, 4) is 0 Å². The van der Waals surface area contributed by atoms with Gasteiger partial charge in [0, 0.05) is 12.1 Å².